The van der Waals surface area contributed by atoms with Crippen molar-refractivity contribution in [2.75, 3.05) is 13.1 Å². The second kappa shape index (κ2) is 6.60. The Morgan fingerprint density at radius 1 is 0.964 bits per heavy atom. The minimum atomic E-state index is -0.0443. The Balaban J connectivity index is 1.36. The highest BCUT2D eigenvalue weighted by Crippen LogP contribution is 2.18. The number of aryl methyl sites for hydroxylation is 1. The largest absolute Gasteiger partial charge is 0.335 e. The van der Waals surface area contributed by atoms with Gasteiger partial charge in [-0.2, -0.15) is 5.10 Å². The van der Waals surface area contributed by atoms with Crippen molar-refractivity contribution >= 4 is 11.6 Å². The van der Waals surface area contributed by atoms with Gasteiger partial charge < -0.3 is 9.30 Å². The topological polar surface area (TPSA) is 68.3 Å². The Labute approximate surface area is 162 Å². The number of rotatable bonds is 2. The molecule has 0 spiro atoms. The second-order valence-electron chi connectivity index (χ2n) is 7.00. The van der Waals surface area contributed by atoms with Crippen LogP contribution in [0.3, 0.4) is 0 Å². The van der Waals surface area contributed by atoms with E-state index in [9.17, 15) is 4.79 Å². The third-order valence-electron chi connectivity index (χ3n) is 5.17. The summed E-state index contributed by atoms with van der Waals surface area (Å²) >= 11 is 0. The van der Waals surface area contributed by atoms with E-state index in [2.05, 4.69) is 15.1 Å². The number of benzene rings is 1. The number of hydrogen-bond donors (Lipinski definition) is 0. The van der Waals surface area contributed by atoms with Crippen molar-refractivity contribution in [2.24, 2.45) is 0 Å². The number of fused-ring (bicyclic) bond motifs is 2. The van der Waals surface area contributed by atoms with Crippen molar-refractivity contribution in [3.63, 3.8) is 0 Å². The zero-order chi connectivity index (χ0) is 19.1. The van der Waals surface area contributed by atoms with Crippen LogP contribution in [-0.4, -0.2) is 48.0 Å². The molecule has 4 heterocycles. The van der Waals surface area contributed by atoms with E-state index < -0.39 is 0 Å². The number of nitrogens with zero attached hydrogens (tertiary/aromatic N) is 6. The van der Waals surface area contributed by atoms with Crippen LogP contribution in [-0.2, 0) is 13.0 Å². The van der Waals surface area contributed by atoms with Gasteiger partial charge in [-0.15, -0.1) is 0 Å². The highest BCUT2D eigenvalue weighted by atomic mass is 16.2. The van der Waals surface area contributed by atoms with Crippen LogP contribution in [0.1, 0.15) is 22.0 Å². The van der Waals surface area contributed by atoms with E-state index in [1.807, 2.05) is 75.6 Å². The highest BCUT2D eigenvalue weighted by Gasteiger charge is 2.24. The maximum atomic E-state index is 13.0. The van der Waals surface area contributed by atoms with Gasteiger partial charge >= 0.3 is 0 Å². The molecule has 28 heavy (non-hydrogen) atoms. The van der Waals surface area contributed by atoms with Crippen LogP contribution < -0.4 is 0 Å². The molecule has 1 aliphatic heterocycles. The summed E-state index contributed by atoms with van der Waals surface area (Å²) in [5, 5.41) is 4.64. The first kappa shape index (κ1) is 16.7. The molecule has 0 bridgehead atoms. The molecule has 0 N–H and O–H groups in total. The predicted molar refractivity (Wildman–Crippen MR) is 105 cm³/mol. The van der Waals surface area contributed by atoms with Crippen molar-refractivity contribution in [3.05, 3.63) is 71.9 Å². The van der Waals surface area contributed by atoms with Gasteiger partial charge in [0.05, 0.1) is 6.54 Å². The zero-order valence-corrected chi connectivity index (χ0v) is 15.6. The lowest BCUT2D eigenvalue weighted by Crippen LogP contribution is -2.34. The minimum absolute atomic E-state index is 0.0443. The summed E-state index contributed by atoms with van der Waals surface area (Å²) in [5.41, 5.74) is 3.33. The fourth-order valence-electron chi connectivity index (χ4n) is 3.63. The standard InChI is InChI=1S/C21H20N6O/c1-15-6-5-9-18-22-17(14-26(15)18)21(28)25-11-10-19-23-20(24-27(19)13-12-25)16-7-3-2-4-8-16/h2-9,14H,10-13H2,1H3. The Hall–Kier alpha value is -3.48. The number of amides is 1. The summed E-state index contributed by atoms with van der Waals surface area (Å²) in [6.45, 7) is 3.84. The van der Waals surface area contributed by atoms with Crippen LogP contribution in [0.15, 0.2) is 54.7 Å². The number of aromatic nitrogens is 5. The third kappa shape index (κ3) is 2.85. The van der Waals surface area contributed by atoms with Crippen molar-refractivity contribution in [1.82, 2.24) is 29.0 Å². The Kier molecular flexibility index (Phi) is 3.93. The molecule has 1 aromatic carbocycles. The molecule has 0 saturated heterocycles. The van der Waals surface area contributed by atoms with Crippen LogP contribution in [0.2, 0.25) is 0 Å². The van der Waals surface area contributed by atoms with Gasteiger partial charge in [0, 0.05) is 37.0 Å². The number of carbonyl (C=O) groups is 1. The molecule has 0 unspecified atom stereocenters. The molecule has 7 nitrogen and oxygen atoms in total. The van der Waals surface area contributed by atoms with Gasteiger partial charge in [-0.1, -0.05) is 36.4 Å². The van der Waals surface area contributed by atoms with E-state index in [0.29, 0.717) is 31.7 Å². The molecule has 0 fully saturated rings. The molecular weight excluding hydrogens is 352 g/mol. The average Bonchev–Trinajstić information content (AvgIpc) is 3.29. The van der Waals surface area contributed by atoms with Crippen LogP contribution in [0.4, 0.5) is 0 Å². The fraction of sp³-hybridized carbons (Fsp3) is 0.238. The van der Waals surface area contributed by atoms with Crippen molar-refractivity contribution < 1.29 is 4.79 Å². The normalized spacial score (nSPS) is 14.1. The molecule has 0 atom stereocenters. The first-order valence-electron chi connectivity index (χ1n) is 9.42. The van der Waals surface area contributed by atoms with E-state index in [1.165, 1.54) is 0 Å². The van der Waals surface area contributed by atoms with Crippen LogP contribution in [0.5, 0.6) is 0 Å². The monoisotopic (exact) mass is 372 g/mol. The van der Waals surface area contributed by atoms with Crippen molar-refractivity contribution in [3.8, 4) is 11.4 Å². The third-order valence-corrected chi connectivity index (χ3v) is 5.17. The van der Waals surface area contributed by atoms with E-state index in [1.54, 1.807) is 0 Å². The van der Waals surface area contributed by atoms with Crippen molar-refractivity contribution in [1.29, 1.82) is 0 Å². The SMILES string of the molecule is Cc1cccc2nc(C(=O)N3CCc4nc(-c5ccccc5)nn4CC3)cn12. The lowest BCUT2D eigenvalue weighted by molar-refractivity contribution is 0.0753. The molecule has 3 aromatic heterocycles. The molecule has 7 heteroatoms. The van der Waals surface area contributed by atoms with Crippen molar-refractivity contribution in [2.45, 2.75) is 19.9 Å². The lowest BCUT2D eigenvalue weighted by atomic mass is 10.2. The Morgan fingerprint density at radius 3 is 2.64 bits per heavy atom. The van der Waals surface area contributed by atoms with Gasteiger partial charge in [-0.25, -0.2) is 14.6 Å². The lowest BCUT2D eigenvalue weighted by Gasteiger charge is -2.18. The fourth-order valence-corrected chi connectivity index (χ4v) is 3.63. The highest BCUT2D eigenvalue weighted by molar-refractivity contribution is 5.93. The molecule has 0 saturated carbocycles. The quantitative estimate of drug-likeness (QED) is 0.542. The Bertz CT molecular complexity index is 1130. The maximum Gasteiger partial charge on any atom is 0.274 e. The Morgan fingerprint density at radius 2 is 1.82 bits per heavy atom. The van der Waals surface area contributed by atoms with Crippen LogP contribution >= 0.6 is 0 Å². The molecule has 140 valence electrons. The molecule has 0 radical (unpaired) electrons. The van der Waals surface area contributed by atoms with Gasteiger partial charge in [0.2, 0.25) is 0 Å². The van der Waals surface area contributed by atoms with Crippen LogP contribution in [0, 0.1) is 6.92 Å². The van der Waals surface area contributed by atoms with Gasteiger partial charge in [-0.3, -0.25) is 4.79 Å². The molecule has 1 aliphatic rings. The minimum Gasteiger partial charge on any atom is -0.335 e. The molecule has 4 aromatic rings. The molecule has 0 aliphatic carbocycles. The average molecular weight is 372 g/mol. The van der Waals surface area contributed by atoms with Gasteiger partial charge in [0.1, 0.15) is 17.2 Å². The predicted octanol–water partition coefficient (Wildman–Crippen LogP) is 2.60. The van der Waals surface area contributed by atoms with E-state index in [4.69, 9.17) is 0 Å². The first-order chi connectivity index (χ1) is 13.7. The number of carbonyl (C=O) groups excluding carboxylic acids is 1. The molecule has 1 amide bonds. The molecular formula is C21H20N6O. The van der Waals surface area contributed by atoms with Gasteiger partial charge in [0.25, 0.3) is 5.91 Å². The number of pyridine rings is 1. The summed E-state index contributed by atoms with van der Waals surface area (Å²) in [6.07, 6.45) is 2.50. The first-order valence-corrected chi connectivity index (χ1v) is 9.42. The molecule has 5 rings (SSSR count). The van der Waals surface area contributed by atoms with Gasteiger partial charge in [-0.05, 0) is 19.1 Å². The summed E-state index contributed by atoms with van der Waals surface area (Å²) in [7, 11) is 0. The summed E-state index contributed by atoms with van der Waals surface area (Å²) in [6, 6.07) is 15.8. The number of hydrogen-bond acceptors (Lipinski definition) is 4. The van der Waals surface area contributed by atoms with E-state index in [0.717, 1.165) is 28.6 Å². The smallest absolute Gasteiger partial charge is 0.274 e. The van der Waals surface area contributed by atoms with E-state index in [-0.39, 0.29) is 5.91 Å². The van der Waals surface area contributed by atoms with Gasteiger partial charge in [0.15, 0.2) is 5.82 Å². The summed E-state index contributed by atoms with van der Waals surface area (Å²) in [4.78, 5) is 24.0. The summed E-state index contributed by atoms with van der Waals surface area (Å²) < 4.78 is 3.87. The maximum absolute atomic E-state index is 13.0. The van der Waals surface area contributed by atoms with Crippen LogP contribution in [0.25, 0.3) is 17.0 Å². The number of imidazole rings is 1. The zero-order valence-electron chi connectivity index (χ0n) is 15.6. The second-order valence-corrected chi connectivity index (χ2v) is 7.00. The van der Waals surface area contributed by atoms with E-state index >= 15 is 0 Å². The summed E-state index contributed by atoms with van der Waals surface area (Å²) in [5.74, 6) is 1.61.